The predicted molar refractivity (Wildman–Crippen MR) is 111 cm³/mol. The van der Waals surface area contributed by atoms with Gasteiger partial charge in [-0.15, -0.1) is 11.3 Å². The lowest BCUT2D eigenvalue weighted by Gasteiger charge is -2.12. The van der Waals surface area contributed by atoms with Crippen molar-refractivity contribution in [3.8, 4) is 5.69 Å². The zero-order valence-corrected chi connectivity index (χ0v) is 16.3. The lowest BCUT2D eigenvalue weighted by molar-refractivity contribution is 0.719. The molecule has 4 nitrogen and oxygen atoms in total. The first-order chi connectivity index (χ1) is 13.0. The predicted octanol–water partition coefficient (Wildman–Crippen LogP) is 4.19. The fourth-order valence-electron chi connectivity index (χ4n) is 3.28. The summed E-state index contributed by atoms with van der Waals surface area (Å²) in [7, 11) is 0. The van der Waals surface area contributed by atoms with E-state index in [0.29, 0.717) is 17.6 Å². The molecule has 0 N–H and O–H groups in total. The van der Waals surface area contributed by atoms with Gasteiger partial charge in [0.25, 0.3) is 5.56 Å². The first kappa shape index (κ1) is 17.5. The molecule has 0 unspecified atom stereocenters. The van der Waals surface area contributed by atoms with Crippen LogP contribution in [0, 0.1) is 20.8 Å². The number of benzene rings is 2. The van der Waals surface area contributed by atoms with Crippen LogP contribution in [-0.4, -0.2) is 9.13 Å². The van der Waals surface area contributed by atoms with E-state index in [0.717, 1.165) is 20.8 Å². The van der Waals surface area contributed by atoms with Gasteiger partial charge in [0, 0.05) is 4.88 Å². The Morgan fingerprint density at radius 2 is 1.56 bits per heavy atom. The third-order valence-corrected chi connectivity index (χ3v) is 6.16. The molecule has 0 radical (unpaired) electrons. The molecule has 0 saturated heterocycles. The maximum atomic E-state index is 13.3. The van der Waals surface area contributed by atoms with Gasteiger partial charge in [0.1, 0.15) is 4.83 Å². The van der Waals surface area contributed by atoms with Crippen molar-refractivity contribution in [2.24, 2.45) is 0 Å². The molecule has 2 aromatic heterocycles. The van der Waals surface area contributed by atoms with E-state index in [4.69, 9.17) is 0 Å². The van der Waals surface area contributed by atoms with Crippen molar-refractivity contribution < 1.29 is 0 Å². The SMILES string of the molecule is Cc1ccc(Cn2c(=O)n(-c3ccccc3)c(=O)c3c(C)c(C)sc32)cc1. The topological polar surface area (TPSA) is 44.0 Å². The Bertz CT molecular complexity index is 1250. The number of aryl methyl sites for hydroxylation is 3. The number of rotatable bonds is 3. The van der Waals surface area contributed by atoms with E-state index in [1.807, 2.05) is 63.2 Å². The molecular formula is C22H20N2O2S. The van der Waals surface area contributed by atoms with Gasteiger partial charge in [-0.1, -0.05) is 48.0 Å². The van der Waals surface area contributed by atoms with Crippen LogP contribution in [0.5, 0.6) is 0 Å². The Morgan fingerprint density at radius 1 is 0.889 bits per heavy atom. The van der Waals surface area contributed by atoms with E-state index in [2.05, 4.69) is 0 Å². The molecule has 4 aromatic rings. The summed E-state index contributed by atoms with van der Waals surface area (Å²) in [6.07, 6.45) is 0. The zero-order chi connectivity index (χ0) is 19.1. The lowest BCUT2D eigenvalue weighted by Crippen LogP contribution is -2.38. The maximum absolute atomic E-state index is 13.3. The molecule has 0 aliphatic rings. The van der Waals surface area contributed by atoms with Crippen LogP contribution >= 0.6 is 11.3 Å². The monoisotopic (exact) mass is 376 g/mol. The highest BCUT2D eigenvalue weighted by Crippen LogP contribution is 2.27. The lowest BCUT2D eigenvalue weighted by atomic mass is 10.1. The maximum Gasteiger partial charge on any atom is 0.337 e. The third kappa shape index (κ3) is 2.94. The Hall–Kier alpha value is -2.92. The first-order valence-corrected chi connectivity index (χ1v) is 9.65. The van der Waals surface area contributed by atoms with Gasteiger partial charge in [0.2, 0.25) is 0 Å². The Labute approximate surface area is 161 Å². The zero-order valence-electron chi connectivity index (χ0n) is 15.5. The quantitative estimate of drug-likeness (QED) is 0.538. The molecule has 0 amide bonds. The van der Waals surface area contributed by atoms with E-state index in [9.17, 15) is 9.59 Å². The average molecular weight is 376 g/mol. The second-order valence-corrected chi connectivity index (χ2v) is 8.00. The summed E-state index contributed by atoms with van der Waals surface area (Å²) >= 11 is 1.51. The van der Waals surface area contributed by atoms with E-state index in [1.165, 1.54) is 21.5 Å². The average Bonchev–Trinajstić information content (AvgIpc) is 2.96. The molecule has 0 saturated carbocycles. The van der Waals surface area contributed by atoms with Crippen molar-refractivity contribution in [1.82, 2.24) is 9.13 Å². The fourth-order valence-corrected chi connectivity index (χ4v) is 4.42. The van der Waals surface area contributed by atoms with Crippen LogP contribution in [0.15, 0.2) is 64.2 Å². The van der Waals surface area contributed by atoms with Crippen molar-refractivity contribution >= 4 is 21.6 Å². The molecule has 0 aliphatic carbocycles. The summed E-state index contributed by atoms with van der Waals surface area (Å²) < 4.78 is 3.01. The van der Waals surface area contributed by atoms with Crippen molar-refractivity contribution in [1.29, 1.82) is 0 Å². The van der Waals surface area contributed by atoms with Gasteiger partial charge < -0.3 is 0 Å². The van der Waals surface area contributed by atoms with Crippen molar-refractivity contribution in [2.75, 3.05) is 0 Å². The molecule has 0 spiro atoms. The number of thiophene rings is 1. The van der Waals surface area contributed by atoms with Crippen LogP contribution in [0.4, 0.5) is 0 Å². The summed E-state index contributed by atoms with van der Waals surface area (Å²) in [6, 6.07) is 17.3. The van der Waals surface area contributed by atoms with E-state index < -0.39 is 0 Å². The summed E-state index contributed by atoms with van der Waals surface area (Å²) in [4.78, 5) is 28.3. The molecule has 2 heterocycles. The van der Waals surface area contributed by atoms with Gasteiger partial charge in [0.05, 0.1) is 17.6 Å². The Kier molecular flexibility index (Phi) is 4.32. The molecule has 0 aliphatic heterocycles. The number of para-hydroxylation sites is 1. The van der Waals surface area contributed by atoms with Gasteiger partial charge in [0.15, 0.2) is 0 Å². The van der Waals surface area contributed by atoms with E-state index in [-0.39, 0.29) is 11.2 Å². The third-order valence-electron chi connectivity index (χ3n) is 4.93. The molecule has 4 rings (SSSR count). The van der Waals surface area contributed by atoms with Crippen molar-refractivity contribution in [2.45, 2.75) is 27.3 Å². The molecule has 0 fully saturated rings. The van der Waals surface area contributed by atoms with Gasteiger partial charge in [-0.05, 0) is 44.0 Å². The number of fused-ring (bicyclic) bond motifs is 1. The second kappa shape index (κ2) is 6.67. The summed E-state index contributed by atoms with van der Waals surface area (Å²) in [6.45, 7) is 6.41. The Morgan fingerprint density at radius 3 is 2.22 bits per heavy atom. The largest absolute Gasteiger partial charge is 0.337 e. The summed E-state index contributed by atoms with van der Waals surface area (Å²) in [5, 5.41) is 0.632. The Balaban J connectivity index is 2.05. The summed E-state index contributed by atoms with van der Waals surface area (Å²) in [5.41, 5.74) is 3.20. The summed E-state index contributed by atoms with van der Waals surface area (Å²) in [5.74, 6) is 0. The molecule has 5 heteroatoms. The second-order valence-electron chi connectivity index (χ2n) is 6.79. The fraction of sp³-hybridized carbons (Fsp3) is 0.182. The number of aromatic nitrogens is 2. The van der Waals surface area contributed by atoms with E-state index in [1.54, 1.807) is 16.7 Å². The van der Waals surface area contributed by atoms with Crippen LogP contribution in [0.1, 0.15) is 21.6 Å². The standard InChI is InChI=1S/C22H20N2O2S/c1-14-9-11-17(12-10-14)13-23-21-19(15(2)16(3)27-21)20(25)24(22(23)26)18-7-5-4-6-8-18/h4-12H,13H2,1-3H3. The first-order valence-electron chi connectivity index (χ1n) is 8.84. The molecule has 2 aromatic carbocycles. The van der Waals surface area contributed by atoms with Crippen LogP contribution in [0.3, 0.4) is 0 Å². The molecular weight excluding hydrogens is 356 g/mol. The van der Waals surface area contributed by atoms with E-state index >= 15 is 0 Å². The minimum absolute atomic E-state index is 0.247. The minimum atomic E-state index is -0.305. The molecule has 27 heavy (non-hydrogen) atoms. The van der Waals surface area contributed by atoms with Crippen LogP contribution in [0.2, 0.25) is 0 Å². The van der Waals surface area contributed by atoms with Crippen molar-refractivity contribution in [3.05, 3.63) is 97.0 Å². The smallest absolute Gasteiger partial charge is 0.280 e. The van der Waals surface area contributed by atoms with Gasteiger partial charge in [-0.2, -0.15) is 0 Å². The molecule has 0 atom stereocenters. The van der Waals surface area contributed by atoms with Crippen LogP contribution in [0.25, 0.3) is 15.9 Å². The number of hydrogen-bond donors (Lipinski definition) is 0. The van der Waals surface area contributed by atoms with Crippen LogP contribution in [-0.2, 0) is 6.54 Å². The molecule has 0 bridgehead atoms. The minimum Gasteiger partial charge on any atom is -0.280 e. The van der Waals surface area contributed by atoms with Gasteiger partial charge in [-0.25, -0.2) is 9.36 Å². The highest BCUT2D eigenvalue weighted by molar-refractivity contribution is 7.18. The van der Waals surface area contributed by atoms with Crippen molar-refractivity contribution in [3.63, 3.8) is 0 Å². The molecule has 136 valence electrons. The number of nitrogens with zero attached hydrogens (tertiary/aromatic N) is 2. The normalized spacial score (nSPS) is 11.2. The number of hydrogen-bond acceptors (Lipinski definition) is 3. The highest BCUT2D eigenvalue weighted by atomic mass is 32.1. The van der Waals surface area contributed by atoms with Crippen LogP contribution < -0.4 is 11.2 Å². The van der Waals surface area contributed by atoms with Gasteiger partial charge in [-0.3, -0.25) is 9.36 Å². The van der Waals surface area contributed by atoms with Gasteiger partial charge >= 0.3 is 5.69 Å². The highest BCUT2D eigenvalue weighted by Gasteiger charge is 2.19.